The number of carbonyl (C=O) groups excluding carboxylic acids is 1. The third kappa shape index (κ3) is 6.12. The monoisotopic (exact) mass is 378 g/mol. The third-order valence-corrected chi connectivity index (χ3v) is 5.93. The average Bonchev–Trinajstić information content (AvgIpc) is 3.24. The van der Waals surface area contributed by atoms with Gasteiger partial charge in [0.25, 0.3) is 0 Å². The van der Waals surface area contributed by atoms with E-state index >= 15 is 0 Å². The minimum Gasteiger partial charge on any atom is -0.378 e. The number of amides is 1. The lowest BCUT2D eigenvalue weighted by Gasteiger charge is -2.24. The van der Waals surface area contributed by atoms with Crippen molar-refractivity contribution in [1.82, 2.24) is 4.90 Å². The topological polar surface area (TPSA) is 23.6 Å². The molecule has 3 heteroatoms. The van der Waals surface area contributed by atoms with Crippen molar-refractivity contribution in [1.29, 1.82) is 0 Å². The van der Waals surface area contributed by atoms with Crippen LogP contribution >= 0.6 is 0 Å². The first-order chi connectivity index (χ1) is 13.6. The summed E-state index contributed by atoms with van der Waals surface area (Å²) in [6, 6.07) is 19.0. The lowest BCUT2D eigenvalue weighted by molar-refractivity contribution is -0.132. The van der Waals surface area contributed by atoms with E-state index in [1.165, 1.54) is 42.5 Å². The van der Waals surface area contributed by atoms with Gasteiger partial charge in [-0.1, -0.05) is 68.1 Å². The highest BCUT2D eigenvalue weighted by atomic mass is 16.2. The molecule has 150 valence electrons. The van der Waals surface area contributed by atoms with Gasteiger partial charge in [0, 0.05) is 39.3 Å². The molecular formula is C25H34N2O. The Kier molecular flexibility index (Phi) is 7.53. The zero-order valence-corrected chi connectivity index (χ0v) is 17.4. The molecule has 0 N–H and O–H groups in total. The highest BCUT2D eigenvalue weighted by Crippen LogP contribution is 2.29. The first-order valence-corrected chi connectivity index (χ1v) is 10.7. The summed E-state index contributed by atoms with van der Waals surface area (Å²) in [4.78, 5) is 17.2. The molecule has 1 aliphatic rings. The van der Waals surface area contributed by atoms with Crippen LogP contribution in [0.2, 0.25) is 0 Å². The molecule has 3 nitrogen and oxygen atoms in total. The van der Waals surface area contributed by atoms with Crippen molar-refractivity contribution in [2.75, 3.05) is 25.5 Å². The largest absolute Gasteiger partial charge is 0.378 e. The molecule has 0 spiro atoms. The standard InChI is InChI=1S/C25H34N2O/c1-26(2)24-15-12-23(13-16-24)20-27(19-18-22-8-4-3-5-9-22)25(28)17-14-21-10-6-7-11-21/h3-5,8-9,12-13,15-16,21H,6-7,10-11,14,17-20H2,1-2H3. The van der Waals surface area contributed by atoms with Crippen LogP contribution < -0.4 is 4.90 Å². The first-order valence-electron chi connectivity index (χ1n) is 10.7. The van der Waals surface area contributed by atoms with Gasteiger partial charge in [-0.3, -0.25) is 4.79 Å². The van der Waals surface area contributed by atoms with Crippen LogP contribution in [-0.2, 0) is 17.8 Å². The van der Waals surface area contributed by atoms with Crippen LogP contribution in [0, 0.1) is 5.92 Å². The van der Waals surface area contributed by atoms with Gasteiger partial charge in [-0.15, -0.1) is 0 Å². The summed E-state index contributed by atoms with van der Waals surface area (Å²) < 4.78 is 0. The summed E-state index contributed by atoms with van der Waals surface area (Å²) >= 11 is 0. The Morgan fingerprint density at radius 1 is 0.929 bits per heavy atom. The van der Waals surface area contributed by atoms with Gasteiger partial charge in [0.05, 0.1) is 0 Å². The SMILES string of the molecule is CN(C)c1ccc(CN(CCc2ccccc2)C(=O)CCC2CCCC2)cc1. The van der Waals surface area contributed by atoms with E-state index in [0.717, 1.165) is 25.3 Å². The predicted molar refractivity (Wildman–Crippen MR) is 118 cm³/mol. The van der Waals surface area contributed by atoms with Gasteiger partial charge in [-0.25, -0.2) is 0 Å². The summed E-state index contributed by atoms with van der Waals surface area (Å²) in [6.45, 7) is 1.48. The molecular weight excluding hydrogens is 344 g/mol. The van der Waals surface area contributed by atoms with Crippen molar-refractivity contribution in [2.24, 2.45) is 5.92 Å². The zero-order chi connectivity index (χ0) is 19.8. The highest BCUT2D eigenvalue weighted by Gasteiger charge is 2.19. The number of hydrogen-bond donors (Lipinski definition) is 0. The van der Waals surface area contributed by atoms with Gasteiger partial charge in [-0.2, -0.15) is 0 Å². The summed E-state index contributed by atoms with van der Waals surface area (Å²) in [5.41, 5.74) is 3.68. The fraction of sp³-hybridized carbons (Fsp3) is 0.480. The maximum absolute atomic E-state index is 13.0. The van der Waals surface area contributed by atoms with E-state index < -0.39 is 0 Å². The number of carbonyl (C=O) groups is 1. The predicted octanol–water partition coefficient (Wildman–Crippen LogP) is 5.29. The van der Waals surface area contributed by atoms with Crippen LogP contribution in [0.3, 0.4) is 0 Å². The molecule has 0 radical (unpaired) electrons. The van der Waals surface area contributed by atoms with Gasteiger partial charge < -0.3 is 9.80 Å². The Balaban J connectivity index is 1.62. The van der Waals surface area contributed by atoms with Gasteiger partial charge in [0.1, 0.15) is 0 Å². The van der Waals surface area contributed by atoms with E-state index in [0.29, 0.717) is 18.9 Å². The van der Waals surface area contributed by atoms with Gasteiger partial charge in [0.15, 0.2) is 0 Å². The van der Waals surface area contributed by atoms with Gasteiger partial charge in [0.2, 0.25) is 5.91 Å². The molecule has 1 aliphatic carbocycles. The van der Waals surface area contributed by atoms with Crippen molar-refractivity contribution < 1.29 is 4.79 Å². The maximum atomic E-state index is 13.0. The molecule has 3 rings (SSSR count). The van der Waals surface area contributed by atoms with E-state index in [9.17, 15) is 4.79 Å². The van der Waals surface area contributed by atoms with E-state index in [2.05, 4.69) is 58.3 Å². The lowest BCUT2D eigenvalue weighted by atomic mass is 10.0. The van der Waals surface area contributed by atoms with Crippen LogP contribution in [-0.4, -0.2) is 31.4 Å². The number of hydrogen-bond acceptors (Lipinski definition) is 2. The van der Waals surface area contributed by atoms with Crippen LogP contribution in [0.15, 0.2) is 54.6 Å². The van der Waals surface area contributed by atoms with Crippen LogP contribution in [0.4, 0.5) is 5.69 Å². The van der Waals surface area contributed by atoms with Crippen LogP contribution in [0.5, 0.6) is 0 Å². The molecule has 1 fully saturated rings. The molecule has 1 amide bonds. The molecule has 0 unspecified atom stereocenters. The summed E-state index contributed by atoms with van der Waals surface area (Å²) in [7, 11) is 4.10. The van der Waals surface area contributed by atoms with E-state index in [1.807, 2.05) is 20.2 Å². The Hall–Kier alpha value is -2.29. The second-order valence-electron chi connectivity index (χ2n) is 8.30. The number of rotatable bonds is 9. The molecule has 2 aromatic rings. The molecule has 0 saturated heterocycles. The molecule has 0 aromatic heterocycles. The Morgan fingerprint density at radius 3 is 2.25 bits per heavy atom. The fourth-order valence-corrected chi connectivity index (χ4v) is 4.11. The average molecular weight is 379 g/mol. The number of anilines is 1. The van der Waals surface area contributed by atoms with Crippen molar-refractivity contribution in [3.05, 3.63) is 65.7 Å². The van der Waals surface area contributed by atoms with Crippen molar-refractivity contribution >= 4 is 11.6 Å². The summed E-state index contributed by atoms with van der Waals surface area (Å²) in [5, 5.41) is 0. The molecule has 28 heavy (non-hydrogen) atoms. The number of nitrogens with zero attached hydrogens (tertiary/aromatic N) is 2. The summed E-state index contributed by atoms with van der Waals surface area (Å²) in [5.74, 6) is 1.07. The first kappa shape index (κ1) is 20.4. The normalized spacial score (nSPS) is 14.2. The molecule has 0 heterocycles. The smallest absolute Gasteiger partial charge is 0.222 e. The Bertz CT molecular complexity index is 718. The van der Waals surface area contributed by atoms with Crippen LogP contribution in [0.1, 0.15) is 49.7 Å². The maximum Gasteiger partial charge on any atom is 0.222 e. The second kappa shape index (κ2) is 10.3. The molecule has 1 saturated carbocycles. The van der Waals surface area contributed by atoms with E-state index in [1.54, 1.807) is 0 Å². The quantitative estimate of drug-likeness (QED) is 0.591. The minimum atomic E-state index is 0.305. The summed E-state index contributed by atoms with van der Waals surface area (Å²) in [6.07, 6.45) is 7.96. The molecule has 0 atom stereocenters. The lowest BCUT2D eigenvalue weighted by Crippen LogP contribution is -2.32. The van der Waals surface area contributed by atoms with Crippen LogP contribution in [0.25, 0.3) is 0 Å². The Labute approximate surface area is 170 Å². The fourth-order valence-electron chi connectivity index (χ4n) is 4.11. The zero-order valence-electron chi connectivity index (χ0n) is 17.4. The van der Waals surface area contributed by atoms with Crippen molar-refractivity contribution in [3.8, 4) is 0 Å². The second-order valence-corrected chi connectivity index (χ2v) is 8.30. The molecule has 2 aromatic carbocycles. The van der Waals surface area contributed by atoms with E-state index in [-0.39, 0.29) is 0 Å². The third-order valence-electron chi connectivity index (χ3n) is 5.93. The number of benzene rings is 2. The van der Waals surface area contributed by atoms with Crippen molar-refractivity contribution in [3.63, 3.8) is 0 Å². The van der Waals surface area contributed by atoms with E-state index in [4.69, 9.17) is 0 Å². The van der Waals surface area contributed by atoms with Crippen molar-refractivity contribution in [2.45, 2.75) is 51.5 Å². The Morgan fingerprint density at radius 2 is 1.61 bits per heavy atom. The molecule has 0 bridgehead atoms. The minimum absolute atomic E-state index is 0.305. The molecule has 0 aliphatic heterocycles. The van der Waals surface area contributed by atoms with Gasteiger partial charge in [-0.05, 0) is 42.0 Å². The highest BCUT2D eigenvalue weighted by molar-refractivity contribution is 5.76. The van der Waals surface area contributed by atoms with Gasteiger partial charge >= 0.3 is 0 Å².